The second kappa shape index (κ2) is 5.50. The highest BCUT2D eigenvalue weighted by Crippen LogP contribution is 2.36. The number of halogens is 2. The molecule has 94 valence electrons. The molecular weight excluding hydrogens is 297 g/mol. The van der Waals surface area contributed by atoms with Crippen molar-refractivity contribution < 1.29 is 9.23 Å². The molecule has 4 heteroatoms. The number of benzene rings is 1. The summed E-state index contributed by atoms with van der Waals surface area (Å²) < 4.78 is 13.3. The van der Waals surface area contributed by atoms with Gasteiger partial charge in [-0.25, -0.2) is 14.3 Å². The van der Waals surface area contributed by atoms with Gasteiger partial charge in [0.2, 0.25) is 6.86 Å². The molecule has 0 bridgehead atoms. The molecule has 0 spiro atoms. The van der Waals surface area contributed by atoms with Gasteiger partial charge in [0.15, 0.2) is 0 Å². The van der Waals surface area contributed by atoms with Gasteiger partial charge in [0.05, 0.1) is 11.4 Å². The van der Waals surface area contributed by atoms with E-state index in [1.165, 1.54) is 5.06 Å². The molecule has 18 heavy (non-hydrogen) atoms. The third kappa shape index (κ3) is 2.40. The topological polar surface area (TPSA) is 12.5 Å². The summed E-state index contributed by atoms with van der Waals surface area (Å²) in [5, 5.41) is 1.43. The minimum absolute atomic E-state index is 0.581. The first kappa shape index (κ1) is 13.1. The van der Waals surface area contributed by atoms with Crippen LogP contribution in [0.15, 0.2) is 58.7 Å². The fraction of sp³-hybridized carbons (Fsp3) is 0.143. The summed E-state index contributed by atoms with van der Waals surface area (Å²) in [6, 6.07) is 9.70. The number of hydrogen-bond acceptors (Lipinski definition) is 2. The molecule has 0 amide bonds. The first-order chi connectivity index (χ1) is 8.65. The highest BCUT2D eigenvalue weighted by atomic mass is 79.9. The van der Waals surface area contributed by atoms with E-state index >= 15 is 0 Å². The third-order valence-electron chi connectivity index (χ3n) is 2.67. The minimum Gasteiger partial charge on any atom is -0.235 e. The molecule has 0 atom stereocenters. The Morgan fingerprint density at radius 2 is 2.00 bits per heavy atom. The van der Waals surface area contributed by atoms with Crippen molar-refractivity contribution in [1.82, 2.24) is 5.06 Å². The third-order valence-corrected chi connectivity index (χ3v) is 3.35. The molecule has 1 heterocycles. The summed E-state index contributed by atoms with van der Waals surface area (Å²) in [5.41, 5.74) is 3.33. The Hall–Kier alpha value is -1.39. The maximum Gasteiger partial charge on any atom is 0.215 e. The van der Waals surface area contributed by atoms with E-state index in [1.54, 1.807) is 0 Å². The summed E-state index contributed by atoms with van der Waals surface area (Å²) in [4.78, 5) is 5.04. The molecule has 0 unspecified atom stereocenters. The molecule has 0 aromatic heterocycles. The van der Waals surface area contributed by atoms with E-state index in [0.29, 0.717) is 5.70 Å². The van der Waals surface area contributed by atoms with Crippen LogP contribution in [0.1, 0.15) is 12.5 Å². The Kier molecular flexibility index (Phi) is 3.99. The van der Waals surface area contributed by atoms with Crippen molar-refractivity contribution in [3.05, 3.63) is 64.3 Å². The van der Waals surface area contributed by atoms with Crippen LogP contribution in [0.25, 0.3) is 5.70 Å². The average molecular weight is 310 g/mol. The van der Waals surface area contributed by atoms with Crippen LogP contribution in [0.5, 0.6) is 0 Å². The van der Waals surface area contributed by atoms with Gasteiger partial charge < -0.3 is 0 Å². The molecule has 2 nitrogen and oxygen atoms in total. The van der Waals surface area contributed by atoms with Gasteiger partial charge in [-0.15, -0.1) is 0 Å². The van der Waals surface area contributed by atoms with Gasteiger partial charge in [0, 0.05) is 10.0 Å². The van der Waals surface area contributed by atoms with E-state index in [-0.39, 0.29) is 0 Å². The quantitative estimate of drug-likeness (QED) is 0.821. The second-order valence-corrected chi connectivity index (χ2v) is 4.72. The zero-order valence-corrected chi connectivity index (χ0v) is 11.6. The van der Waals surface area contributed by atoms with Crippen molar-refractivity contribution in [2.75, 3.05) is 6.86 Å². The van der Waals surface area contributed by atoms with Gasteiger partial charge in [0.1, 0.15) is 0 Å². The lowest BCUT2D eigenvalue weighted by atomic mass is 10.0. The van der Waals surface area contributed by atoms with Gasteiger partial charge in [-0.1, -0.05) is 36.9 Å². The van der Waals surface area contributed by atoms with Crippen LogP contribution in [0.3, 0.4) is 0 Å². The Morgan fingerprint density at radius 1 is 1.33 bits per heavy atom. The second-order valence-electron chi connectivity index (χ2n) is 3.87. The lowest BCUT2D eigenvalue weighted by Crippen LogP contribution is -2.24. The standard InChI is InChI=1S/C14H13BrFNO/c1-10-8-13(15)11(2)17(18-9-16)14(10)12-6-4-3-5-7-12/h3-8H,2,9H2,1H3. The predicted molar refractivity (Wildman–Crippen MR) is 74.1 cm³/mol. The maximum absolute atomic E-state index is 12.5. The van der Waals surface area contributed by atoms with Crippen molar-refractivity contribution in [3.63, 3.8) is 0 Å². The Labute approximate surface area is 114 Å². The van der Waals surface area contributed by atoms with Crippen LogP contribution < -0.4 is 0 Å². The molecule has 1 aliphatic rings. The number of nitrogens with zero attached hydrogens (tertiary/aromatic N) is 1. The monoisotopic (exact) mass is 309 g/mol. The smallest absolute Gasteiger partial charge is 0.215 e. The van der Waals surface area contributed by atoms with Crippen molar-refractivity contribution in [2.24, 2.45) is 0 Å². The SMILES string of the molecule is C=C1C(Br)=CC(C)=C(c2ccccc2)N1OCF. The molecule has 1 aromatic rings. The lowest BCUT2D eigenvalue weighted by Gasteiger charge is -2.31. The Morgan fingerprint density at radius 3 is 2.61 bits per heavy atom. The summed E-state index contributed by atoms with van der Waals surface area (Å²) in [5.74, 6) is 0. The zero-order chi connectivity index (χ0) is 13.1. The number of rotatable bonds is 3. The van der Waals surface area contributed by atoms with Crippen LogP contribution in [0.2, 0.25) is 0 Å². The fourth-order valence-electron chi connectivity index (χ4n) is 1.87. The summed E-state index contributed by atoms with van der Waals surface area (Å²) >= 11 is 3.39. The van der Waals surface area contributed by atoms with Crippen molar-refractivity contribution >= 4 is 21.6 Å². The number of alkyl halides is 1. The number of allylic oxidation sites excluding steroid dienone is 3. The molecule has 0 aliphatic carbocycles. The molecule has 0 radical (unpaired) electrons. The van der Waals surface area contributed by atoms with Crippen LogP contribution in [-0.2, 0) is 4.84 Å². The largest absolute Gasteiger partial charge is 0.235 e. The van der Waals surface area contributed by atoms with Gasteiger partial charge in [-0.05, 0) is 34.5 Å². The van der Waals surface area contributed by atoms with E-state index in [2.05, 4.69) is 22.5 Å². The zero-order valence-electron chi connectivity index (χ0n) is 9.99. The van der Waals surface area contributed by atoms with Crippen molar-refractivity contribution in [3.8, 4) is 0 Å². The fourth-order valence-corrected chi connectivity index (χ4v) is 2.37. The van der Waals surface area contributed by atoms with E-state index in [4.69, 9.17) is 4.84 Å². The highest BCUT2D eigenvalue weighted by molar-refractivity contribution is 9.12. The molecule has 0 N–H and O–H groups in total. The average Bonchev–Trinajstić information content (AvgIpc) is 2.37. The van der Waals surface area contributed by atoms with Gasteiger partial charge in [-0.2, -0.15) is 0 Å². The summed E-state index contributed by atoms with van der Waals surface area (Å²) in [6.07, 6.45) is 1.95. The molecule has 0 saturated carbocycles. The number of hydrogen-bond donors (Lipinski definition) is 0. The van der Waals surface area contributed by atoms with E-state index in [0.717, 1.165) is 21.3 Å². The van der Waals surface area contributed by atoms with Crippen molar-refractivity contribution in [1.29, 1.82) is 0 Å². The van der Waals surface area contributed by atoms with E-state index in [1.807, 2.05) is 43.3 Å². The first-order valence-corrected chi connectivity index (χ1v) is 6.26. The van der Waals surface area contributed by atoms with E-state index < -0.39 is 6.86 Å². The molecule has 1 aliphatic heterocycles. The van der Waals surface area contributed by atoms with Crippen LogP contribution in [0.4, 0.5) is 4.39 Å². The van der Waals surface area contributed by atoms with Crippen LogP contribution in [-0.4, -0.2) is 11.9 Å². The Bertz CT molecular complexity index is 522. The normalized spacial score (nSPS) is 16.1. The van der Waals surface area contributed by atoms with Gasteiger partial charge in [0.25, 0.3) is 0 Å². The number of hydroxylamine groups is 2. The minimum atomic E-state index is -0.900. The predicted octanol–water partition coefficient (Wildman–Crippen LogP) is 4.38. The first-order valence-electron chi connectivity index (χ1n) is 5.47. The molecular formula is C14H13BrFNO. The molecule has 0 saturated heterocycles. The maximum atomic E-state index is 12.5. The summed E-state index contributed by atoms with van der Waals surface area (Å²) in [6.45, 7) is 4.94. The van der Waals surface area contributed by atoms with Crippen LogP contribution >= 0.6 is 15.9 Å². The lowest BCUT2D eigenvalue weighted by molar-refractivity contribution is -0.119. The molecule has 2 rings (SSSR count). The van der Waals surface area contributed by atoms with Crippen molar-refractivity contribution in [2.45, 2.75) is 6.92 Å². The van der Waals surface area contributed by atoms with Gasteiger partial charge >= 0.3 is 0 Å². The van der Waals surface area contributed by atoms with E-state index in [9.17, 15) is 4.39 Å². The highest BCUT2D eigenvalue weighted by Gasteiger charge is 2.23. The molecule has 1 aromatic carbocycles. The van der Waals surface area contributed by atoms with Gasteiger partial charge in [-0.3, -0.25) is 0 Å². The van der Waals surface area contributed by atoms with Crippen LogP contribution in [0, 0.1) is 0 Å². The Balaban J connectivity index is 2.52. The molecule has 0 fully saturated rings. The summed E-state index contributed by atoms with van der Waals surface area (Å²) in [7, 11) is 0.